The number of anilines is 1. The van der Waals surface area contributed by atoms with E-state index < -0.39 is 17.9 Å². The predicted octanol–water partition coefficient (Wildman–Crippen LogP) is 2.87. The largest absolute Gasteiger partial charge is 0.493 e. The van der Waals surface area contributed by atoms with Crippen LogP contribution < -0.4 is 14.8 Å². The van der Waals surface area contributed by atoms with E-state index in [1.165, 1.54) is 25.8 Å². The predicted molar refractivity (Wildman–Crippen MR) is 132 cm³/mol. The Balaban J connectivity index is 1.82. The molecule has 0 saturated carbocycles. The molecule has 2 aliphatic rings. The van der Waals surface area contributed by atoms with E-state index in [1.54, 1.807) is 25.2 Å². The molecule has 1 aromatic rings. The van der Waals surface area contributed by atoms with Crippen molar-refractivity contribution < 1.29 is 28.4 Å². The highest BCUT2D eigenvalue weighted by Gasteiger charge is 2.49. The first kappa shape index (κ1) is 25.4. The zero-order chi connectivity index (χ0) is 25.2. The average molecular weight is 489 g/mol. The molecule has 1 atom stereocenters. The number of benzene rings is 1. The van der Waals surface area contributed by atoms with Crippen molar-refractivity contribution in [3.8, 4) is 11.5 Å². The molecule has 0 fully saturated rings. The summed E-state index contributed by atoms with van der Waals surface area (Å²) in [5.41, 5.74) is 0.448. The summed E-state index contributed by atoms with van der Waals surface area (Å²) in [7, 11) is 6.07. The first-order valence-electron chi connectivity index (χ1n) is 10.7. The van der Waals surface area contributed by atoms with Gasteiger partial charge in [-0.05, 0) is 17.5 Å². The van der Waals surface area contributed by atoms with Crippen molar-refractivity contribution in [2.24, 2.45) is 21.3 Å². The Bertz CT molecular complexity index is 1120. The topological polar surface area (TPSA) is 113 Å². The van der Waals surface area contributed by atoms with Gasteiger partial charge in [0.1, 0.15) is 5.04 Å². The van der Waals surface area contributed by atoms with E-state index >= 15 is 0 Å². The van der Waals surface area contributed by atoms with Gasteiger partial charge < -0.3 is 14.8 Å². The fourth-order valence-corrected chi connectivity index (χ4v) is 4.43. The first-order valence-corrected chi connectivity index (χ1v) is 11.7. The van der Waals surface area contributed by atoms with Crippen LogP contribution in [0.4, 0.5) is 10.5 Å². The minimum absolute atomic E-state index is 0.0222. The third-order valence-electron chi connectivity index (χ3n) is 5.19. The molecule has 1 N–H and O–H groups in total. The zero-order valence-corrected chi connectivity index (χ0v) is 21.3. The van der Waals surface area contributed by atoms with Gasteiger partial charge in [0.2, 0.25) is 11.7 Å². The smallest absolute Gasteiger partial charge is 0.445 e. The number of nitrogens with zero attached hydrogens (tertiary/aromatic N) is 4. The van der Waals surface area contributed by atoms with Crippen molar-refractivity contribution in [2.45, 2.75) is 27.2 Å². The van der Waals surface area contributed by atoms with Crippen LogP contribution >= 0.6 is 11.8 Å². The second-order valence-corrected chi connectivity index (χ2v) is 10.1. The number of imide groups is 1. The molecule has 2 aliphatic heterocycles. The second kappa shape index (κ2) is 9.96. The van der Waals surface area contributed by atoms with Crippen LogP contribution in [0.25, 0.3) is 0 Å². The Morgan fingerprint density at radius 3 is 2.47 bits per heavy atom. The van der Waals surface area contributed by atoms with Gasteiger partial charge in [0.25, 0.3) is 5.84 Å². The number of carbonyl (C=O) groups excluding carboxylic acids is 3. The van der Waals surface area contributed by atoms with Gasteiger partial charge in [-0.3, -0.25) is 9.59 Å². The molecule has 182 valence electrons. The summed E-state index contributed by atoms with van der Waals surface area (Å²) in [6.45, 7) is 6.17. The monoisotopic (exact) mass is 488 g/mol. The van der Waals surface area contributed by atoms with Crippen molar-refractivity contribution >= 4 is 52.0 Å². The first-order chi connectivity index (χ1) is 15.9. The van der Waals surface area contributed by atoms with E-state index in [2.05, 4.69) is 36.1 Å². The van der Waals surface area contributed by atoms with Gasteiger partial charge in [-0.25, -0.2) is 9.79 Å². The second-order valence-electron chi connectivity index (χ2n) is 9.15. The molecule has 1 aromatic carbocycles. The van der Waals surface area contributed by atoms with Gasteiger partial charge in [0, 0.05) is 18.2 Å². The van der Waals surface area contributed by atoms with Crippen LogP contribution in [-0.2, 0) is 9.59 Å². The van der Waals surface area contributed by atoms with E-state index in [-0.39, 0.29) is 17.1 Å². The zero-order valence-electron chi connectivity index (χ0n) is 20.5. The highest BCUT2D eigenvalue weighted by atomic mass is 32.2. The number of aliphatic imine (C=N–C) groups is 2. The van der Waals surface area contributed by atoms with Crippen LogP contribution in [0, 0.1) is 11.3 Å². The summed E-state index contributed by atoms with van der Waals surface area (Å²) in [5.74, 6) is 0.424. The maximum atomic E-state index is 13.0. The van der Waals surface area contributed by atoms with Crippen LogP contribution in [0.1, 0.15) is 27.2 Å². The van der Waals surface area contributed by atoms with Crippen LogP contribution in [0.5, 0.6) is 11.5 Å². The molecule has 0 saturated heterocycles. The molecule has 0 aliphatic carbocycles. The summed E-state index contributed by atoms with van der Waals surface area (Å²) in [5, 5.41) is 3.26. The summed E-state index contributed by atoms with van der Waals surface area (Å²) < 4.78 is 11.9. The quantitative estimate of drug-likeness (QED) is 0.616. The van der Waals surface area contributed by atoms with Crippen molar-refractivity contribution in [3.05, 3.63) is 18.2 Å². The third kappa shape index (κ3) is 5.46. The third-order valence-corrected chi connectivity index (χ3v) is 6.22. The SMILES string of the molecule is COc1ccc(NC(=O)CSC2=NC(CC(C)(C)C)=NC3=[N+](C)C(=O)N(C)C(=O)C23)cc1OC. The number of hydrogen-bond acceptors (Lipinski definition) is 8. The summed E-state index contributed by atoms with van der Waals surface area (Å²) in [6.07, 6.45) is 0.553. The van der Waals surface area contributed by atoms with E-state index in [9.17, 15) is 14.4 Å². The number of amidine groups is 2. The minimum Gasteiger partial charge on any atom is -0.493 e. The van der Waals surface area contributed by atoms with Crippen LogP contribution in [0.15, 0.2) is 28.2 Å². The number of ether oxygens (including phenoxy) is 2. The highest BCUT2D eigenvalue weighted by molar-refractivity contribution is 8.14. The lowest BCUT2D eigenvalue weighted by Crippen LogP contribution is -2.54. The molecule has 0 bridgehead atoms. The van der Waals surface area contributed by atoms with E-state index in [1.807, 2.05) is 0 Å². The molecule has 3 rings (SSSR count). The van der Waals surface area contributed by atoms with Crippen molar-refractivity contribution in [3.63, 3.8) is 0 Å². The number of hydrogen-bond donors (Lipinski definition) is 1. The fraction of sp³-hybridized carbons (Fsp3) is 0.478. The number of carbonyl (C=O) groups is 3. The molecule has 10 nitrogen and oxygen atoms in total. The minimum atomic E-state index is -0.824. The van der Waals surface area contributed by atoms with E-state index in [0.29, 0.717) is 40.3 Å². The van der Waals surface area contributed by atoms with Crippen LogP contribution in [0.3, 0.4) is 0 Å². The molecule has 1 unspecified atom stereocenters. The Morgan fingerprint density at radius 1 is 1.18 bits per heavy atom. The van der Waals surface area contributed by atoms with Crippen LogP contribution in [-0.4, -0.2) is 78.1 Å². The number of amides is 4. The lowest BCUT2D eigenvalue weighted by Gasteiger charge is -2.27. The number of urea groups is 1. The molecule has 0 radical (unpaired) electrons. The van der Waals surface area contributed by atoms with Crippen molar-refractivity contribution in [1.82, 2.24) is 4.90 Å². The number of nitrogens with one attached hydrogen (secondary N) is 1. The van der Waals surface area contributed by atoms with Gasteiger partial charge in [-0.1, -0.05) is 37.5 Å². The summed E-state index contributed by atoms with van der Waals surface area (Å²) >= 11 is 1.16. The number of fused-ring (bicyclic) bond motifs is 1. The lowest BCUT2D eigenvalue weighted by atomic mass is 9.91. The van der Waals surface area contributed by atoms with Gasteiger partial charge in [-0.15, -0.1) is 0 Å². The van der Waals surface area contributed by atoms with Crippen molar-refractivity contribution in [1.29, 1.82) is 0 Å². The maximum Gasteiger partial charge on any atom is 0.445 e. The number of thioether (sulfide) groups is 1. The Labute approximate surface area is 203 Å². The Morgan fingerprint density at radius 2 is 1.85 bits per heavy atom. The maximum absolute atomic E-state index is 13.0. The van der Waals surface area contributed by atoms with Gasteiger partial charge in [0.15, 0.2) is 17.4 Å². The average Bonchev–Trinajstić information content (AvgIpc) is 2.78. The summed E-state index contributed by atoms with van der Waals surface area (Å²) in [6, 6.07) is 4.63. The summed E-state index contributed by atoms with van der Waals surface area (Å²) in [4.78, 5) is 48.3. The Hall–Kier alpha value is -3.21. The van der Waals surface area contributed by atoms with Crippen LogP contribution in [0.2, 0.25) is 0 Å². The van der Waals surface area contributed by atoms with Gasteiger partial charge in [0.05, 0.1) is 34.1 Å². The van der Waals surface area contributed by atoms with E-state index in [0.717, 1.165) is 16.7 Å². The molecule has 0 aromatic heterocycles. The standard InChI is InChI=1S/C23H29N5O5S/c1-23(2,3)11-16-25-19-18(21(30)28(5)22(31)27(19)4)20(26-16)34-12-17(29)24-13-8-9-14(32-6)15(10-13)33-7/h8-10,18H,11-12H2,1-7H3/p+1. The van der Waals surface area contributed by atoms with E-state index in [4.69, 9.17) is 9.47 Å². The highest BCUT2D eigenvalue weighted by Crippen LogP contribution is 2.31. The molecule has 2 heterocycles. The van der Waals surface area contributed by atoms with Gasteiger partial charge in [-0.2, -0.15) is 9.48 Å². The number of rotatable bonds is 6. The normalized spacial score (nSPS) is 18.3. The molecular weight excluding hydrogens is 458 g/mol. The van der Waals surface area contributed by atoms with Gasteiger partial charge >= 0.3 is 11.9 Å². The molecular formula is C23H30N5O5S+. The molecule has 4 amide bonds. The lowest BCUT2D eigenvalue weighted by molar-refractivity contribution is -0.407. The molecule has 34 heavy (non-hydrogen) atoms. The fourth-order valence-electron chi connectivity index (χ4n) is 3.54. The number of methoxy groups -OCH3 is 2. The Kier molecular flexibility index (Phi) is 7.44. The van der Waals surface area contributed by atoms with Crippen molar-refractivity contribution in [2.75, 3.05) is 39.4 Å². The molecule has 11 heteroatoms. The molecule has 0 spiro atoms.